The zero-order valence-electron chi connectivity index (χ0n) is 16.7. The van der Waals surface area contributed by atoms with E-state index in [1.807, 2.05) is 36.7 Å². The molecule has 5 rings (SSSR count). The minimum absolute atomic E-state index is 0.634. The van der Waals surface area contributed by atoms with Crippen LogP contribution in [0.5, 0.6) is 0 Å². The molecule has 5 heterocycles. The van der Waals surface area contributed by atoms with E-state index in [-0.39, 0.29) is 0 Å². The maximum absolute atomic E-state index is 5.55. The van der Waals surface area contributed by atoms with Gasteiger partial charge in [-0.05, 0) is 38.1 Å². The Morgan fingerprint density at radius 3 is 2.21 bits per heavy atom. The number of rotatable bonds is 3. The molecule has 2 aliphatic rings. The van der Waals surface area contributed by atoms with Crippen LogP contribution in [0.3, 0.4) is 0 Å². The van der Waals surface area contributed by atoms with E-state index in [4.69, 9.17) is 4.74 Å². The lowest BCUT2D eigenvalue weighted by Gasteiger charge is -2.35. The number of aromatic nitrogens is 6. The van der Waals surface area contributed by atoms with E-state index in [9.17, 15) is 0 Å². The van der Waals surface area contributed by atoms with Gasteiger partial charge in [0.2, 0.25) is 0 Å². The van der Waals surface area contributed by atoms with E-state index in [1.54, 1.807) is 0 Å². The SMILES string of the molecule is Cc1cc(C)n(-c2ccc(N3CCN(c4cc5c(nn4)CCOC5)CC3)nn2)n1. The highest BCUT2D eigenvalue weighted by molar-refractivity contribution is 5.46. The molecule has 3 aromatic rings. The molecule has 1 saturated heterocycles. The van der Waals surface area contributed by atoms with Crippen molar-refractivity contribution in [1.82, 2.24) is 30.2 Å². The first-order valence-electron chi connectivity index (χ1n) is 9.98. The van der Waals surface area contributed by atoms with Crippen molar-refractivity contribution in [2.24, 2.45) is 0 Å². The molecule has 0 amide bonds. The first kappa shape index (κ1) is 18.0. The number of piperazine rings is 1. The molecule has 0 bridgehead atoms. The molecule has 9 heteroatoms. The summed E-state index contributed by atoms with van der Waals surface area (Å²) in [5.74, 6) is 2.56. The fourth-order valence-electron chi connectivity index (χ4n) is 3.91. The first-order valence-corrected chi connectivity index (χ1v) is 9.98. The van der Waals surface area contributed by atoms with Crippen LogP contribution in [0.25, 0.3) is 5.82 Å². The van der Waals surface area contributed by atoms with Gasteiger partial charge in [-0.25, -0.2) is 4.68 Å². The summed E-state index contributed by atoms with van der Waals surface area (Å²) in [6.45, 7) is 8.83. The maximum Gasteiger partial charge on any atom is 0.176 e. The highest BCUT2D eigenvalue weighted by Gasteiger charge is 2.22. The minimum atomic E-state index is 0.634. The average molecular weight is 392 g/mol. The number of hydrogen-bond acceptors (Lipinski definition) is 8. The van der Waals surface area contributed by atoms with Crippen molar-refractivity contribution in [3.63, 3.8) is 0 Å². The van der Waals surface area contributed by atoms with Crippen LogP contribution in [0.1, 0.15) is 22.6 Å². The Balaban J connectivity index is 1.25. The second-order valence-electron chi connectivity index (χ2n) is 7.54. The van der Waals surface area contributed by atoms with Gasteiger partial charge >= 0.3 is 0 Å². The molecule has 0 N–H and O–H groups in total. The van der Waals surface area contributed by atoms with Crippen LogP contribution >= 0.6 is 0 Å². The highest BCUT2D eigenvalue weighted by atomic mass is 16.5. The second kappa shape index (κ2) is 7.40. The van der Waals surface area contributed by atoms with Gasteiger partial charge in [-0.2, -0.15) is 10.2 Å². The maximum atomic E-state index is 5.55. The van der Waals surface area contributed by atoms with Crippen molar-refractivity contribution in [3.8, 4) is 5.82 Å². The molecule has 0 atom stereocenters. The summed E-state index contributed by atoms with van der Waals surface area (Å²) in [4.78, 5) is 4.53. The molecule has 2 aliphatic heterocycles. The van der Waals surface area contributed by atoms with E-state index in [2.05, 4.69) is 41.4 Å². The molecular formula is C20H24N8O. The van der Waals surface area contributed by atoms with Gasteiger partial charge in [-0.3, -0.25) is 0 Å². The Kier molecular flexibility index (Phi) is 4.59. The molecule has 0 radical (unpaired) electrons. The molecule has 150 valence electrons. The fourth-order valence-corrected chi connectivity index (χ4v) is 3.91. The van der Waals surface area contributed by atoms with Gasteiger partial charge in [0.1, 0.15) is 0 Å². The van der Waals surface area contributed by atoms with Crippen molar-refractivity contribution in [3.05, 3.63) is 46.9 Å². The van der Waals surface area contributed by atoms with Gasteiger partial charge in [0.05, 0.1) is 24.6 Å². The molecule has 0 spiro atoms. The standard InChI is InChI=1S/C20H24N8O/c1-14-11-15(2)28(25-14)19-4-3-18(22-23-19)26-6-8-27(9-7-26)20-12-16-13-29-10-5-17(16)21-24-20/h3-4,11-12H,5-10,13H2,1-2H3. The Morgan fingerprint density at radius 2 is 1.52 bits per heavy atom. The van der Waals surface area contributed by atoms with Gasteiger partial charge in [-0.15, -0.1) is 15.3 Å². The van der Waals surface area contributed by atoms with E-state index in [1.165, 1.54) is 0 Å². The van der Waals surface area contributed by atoms with Crippen LogP contribution in [0.15, 0.2) is 24.3 Å². The lowest BCUT2D eigenvalue weighted by Crippen LogP contribution is -2.47. The van der Waals surface area contributed by atoms with Crippen LogP contribution in [-0.4, -0.2) is 63.0 Å². The monoisotopic (exact) mass is 392 g/mol. The minimum Gasteiger partial charge on any atom is -0.376 e. The molecule has 1 fully saturated rings. The summed E-state index contributed by atoms with van der Waals surface area (Å²) >= 11 is 0. The summed E-state index contributed by atoms with van der Waals surface area (Å²) in [6.07, 6.45) is 0.850. The van der Waals surface area contributed by atoms with Crippen molar-refractivity contribution in [2.75, 3.05) is 42.6 Å². The predicted molar refractivity (Wildman–Crippen MR) is 108 cm³/mol. The zero-order chi connectivity index (χ0) is 19.8. The normalized spacial score (nSPS) is 16.8. The number of hydrogen-bond donors (Lipinski definition) is 0. The number of aryl methyl sites for hydroxylation is 2. The Hall–Kier alpha value is -3.07. The molecule has 0 unspecified atom stereocenters. The van der Waals surface area contributed by atoms with Crippen molar-refractivity contribution in [2.45, 2.75) is 26.9 Å². The second-order valence-corrected chi connectivity index (χ2v) is 7.54. The molecule has 0 aromatic carbocycles. The summed E-state index contributed by atoms with van der Waals surface area (Å²) in [5, 5.41) is 22.1. The molecule has 9 nitrogen and oxygen atoms in total. The van der Waals surface area contributed by atoms with E-state index in [0.29, 0.717) is 6.61 Å². The van der Waals surface area contributed by atoms with Gasteiger partial charge < -0.3 is 14.5 Å². The third-order valence-corrected chi connectivity index (χ3v) is 5.48. The van der Waals surface area contributed by atoms with Crippen LogP contribution in [0.2, 0.25) is 0 Å². The molecule has 0 aliphatic carbocycles. The Bertz CT molecular complexity index is 1010. The van der Waals surface area contributed by atoms with Gasteiger partial charge in [0.15, 0.2) is 17.5 Å². The topological polar surface area (TPSA) is 85.1 Å². The number of fused-ring (bicyclic) bond motifs is 1. The number of ether oxygens (including phenoxy) is 1. The zero-order valence-corrected chi connectivity index (χ0v) is 16.7. The fraction of sp³-hybridized carbons (Fsp3) is 0.450. The molecule has 0 saturated carbocycles. The van der Waals surface area contributed by atoms with E-state index >= 15 is 0 Å². The van der Waals surface area contributed by atoms with Crippen molar-refractivity contribution in [1.29, 1.82) is 0 Å². The van der Waals surface area contributed by atoms with Crippen LogP contribution in [0, 0.1) is 13.8 Å². The predicted octanol–water partition coefficient (Wildman–Crippen LogP) is 1.47. The van der Waals surface area contributed by atoms with E-state index < -0.39 is 0 Å². The smallest absolute Gasteiger partial charge is 0.176 e. The lowest BCUT2D eigenvalue weighted by molar-refractivity contribution is 0.109. The molecular weight excluding hydrogens is 368 g/mol. The van der Waals surface area contributed by atoms with Gasteiger partial charge in [0, 0.05) is 43.9 Å². The average Bonchev–Trinajstić information content (AvgIpc) is 3.11. The molecule has 29 heavy (non-hydrogen) atoms. The van der Waals surface area contributed by atoms with Crippen LogP contribution in [-0.2, 0) is 17.8 Å². The van der Waals surface area contributed by atoms with Crippen molar-refractivity contribution < 1.29 is 4.74 Å². The summed E-state index contributed by atoms with van der Waals surface area (Å²) in [5.41, 5.74) is 4.25. The van der Waals surface area contributed by atoms with Crippen LogP contribution < -0.4 is 9.80 Å². The van der Waals surface area contributed by atoms with Crippen LogP contribution in [0.4, 0.5) is 11.6 Å². The third kappa shape index (κ3) is 3.53. The summed E-state index contributed by atoms with van der Waals surface area (Å²) < 4.78 is 7.37. The number of nitrogens with zero attached hydrogens (tertiary/aromatic N) is 8. The largest absolute Gasteiger partial charge is 0.376 e. The number of anilines is 2. The van der Waals surface area contributed by atoms with Crippen molar-refractivity contribution >= 4 is 11.6 Å². The lowest BCUT2D eigenvalue weighted by atomic mass is 10.1. The summed E-state index contributed by atoms with van der Waals surface area (Å²) in [7, 11) is 0. The van der Waals surface area contributed by atoms with Gasteiger partial charge in [0.25, 0.3) is 0 Å². The van der Waals surface area contributed by atoms with E-state index in [0.717, 1.165) is 79.3 Å². The summed E-state index contributed by atoms with van der Waals surface area (Å²) in [6, 6.07) is 8.15. The third-order valence-electron chi connectivity index (χ3n) is 5.48. The Morgan fingerprint density at radius 1 is 0.828 bits per heavy atom. The Labute approximate surface area is 169 Å². The first-order chi connectivity index (χ1) is 14.2. The van der Waals surface area contributed by atoms with Gasteiger partial charge in [-0.1, -0.05) is 0 Å². The highest BCUT2D eigenvalue weighted by Crippen LogP contribution is 2.21. The molecule has 3 aromatic heterocycles. The quantitative estimate of drug-likeness (QED) is 0.662.